The molecule has 0 aromatic heterocycles. The lowest BCUT2D eigenvalue weighted by Gasteiger charge is -2.15. The van der Waals surface area contributed by atoms with Crippen LogP contribution in [0.3, 0.4) is 0 Å². The molecule has 112 valence electrons. The molecule has 2 aromatic rings. The summed E-state index contributed by atoms with van der Waals surface area (Å²) in [5.74, 6) is 0.0799. The van der Waals surface area contributed by atoms with Crippen LogP contribution in [0.2, 0.25) is 5.02 Å². The van der Waals surface area contributed by atoms with Crippen LogP contribution in [0.4, 0.5) is 4.39 Å². The number of benzene rings is 2. The van der Waals surface area contributed by atoms with Gasteiger partial charge in [-0.2, -0.15) is 0 Å². The van der Waals surface area contributed by atoms with Crippen LogP contribution in [0.25, 0.3) is 0 Å². The Labute approximate surface area is 136 Å². The van der Waals surface area contributed by atoms with Gasteiger partial charge < -0.3 is 9.84 Å². The van der Waals surface area contributed by atoms with Crippen LogP contribution in [0.5, 0.6) is 5.75 Å². The molecule has 1 N–H and O–H groups in total. The molecule has 2 rings (SSSR count). The van der Waals surface area contributed by atoms with Crippen molar-refractivity contribution < 1.29 is 14.2 Å². The zero-order valence-electron chi connectivity index (χ0n) is 11.6. The maximum atomic E-state index is 14.1. The highest BCUT2D eigenvalue weighted by atomic mass is 79.9. The van der Waals surface area contributed by atoms with Crippen LogP contribution >= 0.6 is 27.5 Å². The van der Waals surface area contributed by atoms with Gasteiger partial charge in [-0.15, -0.1) is 0 Å². The Hall–Kier alpha value is -1.10. The molecule has 2 aromatic carbocycles. The molecule has 1 atom stereocenters. The molecule has 5 heteroatoms. The van der Waals surface area contributed by atoms with Crippen molar-refractivity contribution in [2.24, 2.45) is 0 Å². The van der Waals surface area contributed by atoms with Crippen LogP contribution in [0.1, 0.15) is 31.1 Å². The van der Waals surface area contributed by atoms with Crippen molar-refractivity contribution in [3.63, 3.8) is 0 Å². The van der Waals surface area contributed by atoms with E-state index < -0.39 is 11.9 Å². The first-order valence-corrected chi connectivity index (χ1v) is 7.65. The standard InChI is InChI=1S/C16H15BrClFO2/c1-9(2)21-11-5-3-10(4-6-11)16(20)12-7-8-13(17)14(18)15(12)19/h3-9,16,20H,1-2H3. The molecule has 0 aliphatic carbocycles. The average Bonchev–Trinajstić information content (AvgIpc) is 2.44. The van der Waals surface area contributed by atoms with E-state index in [2.05, 4.69) is 15.9 Å². The van der Waals surface area contributed by atoms with Gasteiger partial charge in [0, 0.05) is 10.0 Å². The molecule has 0 heterocycles. The molecule has 0 radical (unpaired) electrons. The second-order valence-electron chi connectivity index (χ2n) is 4.90. The summed E-state index contributed by atoms with van der Waals surface area (Å²) in [6, 6.07) is 10.0. The molecular formula is C16H15BrClFO2. The third-order valence-electron chi connectivity index (χ3n) is 2.93. The SMILES string of the molecule is CC(C)Oc1ccc(C(O)c2ccc(Br)c(Cl)c2F)cc1. The van der Waals surface area contributed by atoms with Gasteiger partial charge in [-0.05, 0) is 53.5 Å². The second kappa shape index (κ2) is 6.77. The smallest absolute Gasteiger partial charge is 0.149 e. The van der Waals surface area contributed by atoms with Gasteiger partial charge in [0.1, 0.15) is 17.7 Å². The Morgan fingerprint density at radius 2 is 1.76 bits per heavy atom. The molecule has 2 nitrogen and oxygen atoms in total. The van der Waals surface area contributed by atoms with Crippen LogP contribution in [0, 0.1) is 5.82 Å². The molecule has 0 fully saturated rings. The summed E-state index contributed by atoms with van der Waals surface area (Å²) in [5.41, 5.74) is 0.712. The van der Waals surface area contributed by atoms with Crippen molar-refractivity contribution in [1.29, 1.82) is 0 Å². The molecule has 0 saturated carbocycles. The van der Waals surface area contributed by atoms with E-state index in [-0.39, 0.29) is 16.7 Å². The number of aliphatic hydroxyl groups is 1. The summed E-state index contributed by atoms with van der Waals surface area (Å²) in [4.78, 5) is 0. The quantitative estimate of drug-likeness (QED) is 0.755. The van der Waals surface area contributed by atoms with E-state index in [1.54, 1.807) is 30.3 Å². The van der Waals surface area contributed by atoms with Gasteiger partial charge in [-0.3, -0.25) is 0 Å². The first-order chi connectivity index (χ1) is 9.90. The van der Waals surface area contributed by atoms with Crippen LogP contribution in [0.15, 0.2) is 40.9 Å². The van der Waals surface area contributed by atoms with Crippen molar-refractivity contribution in [1.82, 2.24) is 0 Å². The fraction of sp³-hybridized carbons (Fsp3) is 0.250. The van der Waals surface area contributed by atoms with Gasteiger partial charge in [0.2, 0.25) is 0 Å². The predicted molar refractivity (Wildman–Crippen MR) is 85.4 cm³/mol. The number of hydrogen-bond donors (Lipinski definition) is 1. The van der Waals surface area contributed by atoms with Gasteiger partial charge in [0.15, 0.2) is 0 Å². The molecule has 1 unspecified atom stereocenters. The van der Waals surface area contributed by atoms with Crippen LogP contribution < -0.4 is 4.74 Å². The minimum atomic E-state index is -1.08. The fourth-order valence-corrected chi connectivity index (χ4v) is 2.41. The molecule has 0 aliphatic heterocycles. The van der Waals surface area contributed by atoms with E-state index in [1.807, 2.05) is 13.8 Å². The van der Waals surface area contributed by atoms with Gasteiger partial charge in [-0.25, -0.2) is 4.39 Å². The molecule has 0 spiro atoms. The summed E-state index contributed by atoms with van der Waals surface area (Å²) in [7, 11) is 0. The van der Waals surface area contributed by atoms with Gasteiger partial charge in [0.25, 0.3) is 0 Å². The lowest BCUT2D eigenvalue weighted by Crippen LogP contribution is -2.06. The van der Waals surface area contributed by atoms with Gasteiger partial charge >= 0.3 is 0 Å². The lowest BCUT2D eigenvalue weighted by atomic mass is 10.0. The van der Waals surface area contributed by atoms with Crippen LogP contribution in [-0.4, -0.2) is 11.2 Å². The van der Waals surface area contributed by atoms with Crippen molar-refractivity contribution in [2.45, 2.75) is 26.1 Å². The highest BCUT2D eigenvalue weighted by Gasteiger charge is 2.18. The van der Waals surface area contributed by atoms with E-state index in [0.717, 1.165) is 0 Å². The number of aliphatic hydroxyl groups excluding tert-OH is 1. The largest absolute Gasteiger partial charge is 0.491 e. The number of ether oxygens (including phenoxy) is 1. The number of halogens is 3. The first kappa shape index (κ1) is 16.3. The van der Waals surface area contributed by atoms with E-state index in [9.17, 15) is 9.50 Å². The van der Waals surface area contributed by atoms with E-state index in [4.69, 9.17) is 16.3 Å². The first-order valence-electron chi connectivity index (χ1n) is 6.48. The summed E-state index contributed by atoms with van der Waals surface area (Å²) < 4.78 is 20.1. The summed E-state index contributed by atoms with van der Waals surface area (Å²) in [5, 5.41) is 10.3. The Morgan fingerprint density at radius 3 is 2.33 bits per heavy atom. The van der Waals surface area contributed by atoms with Crippen molar-refractivity contribution >= 4 is 27.5 Å². The Kier molecular flexibility index (Phi) is 5.25. The van der Waals surface area contributed by atoms with Crippen molar-refractivity contribution in [3.05, 3.63) is 62.8 Å². The molecular weight excluding hydrogens is 359 g/mol. The predicted octanol–water partition coefficient (Wildman–Crippen LogP) is 5.11. The minimum Gasteiger partial charge on any atom is -0.491 e. The molecule has 0 aliphatic rings. The van der Waals surface area contributed by atoms with Gasteiger partial charge in [-0.1, -0.05) is 29.8 Å². The van der Waals surface area contributed by atoms with E-state index >= 15 is 0 Å². The highest BCUT2D eigenvalue weighted by Crippen LogP contribution is 2.33. The Bertz CT molecular complexity index is 629. The second-order valence-corrected chi connectivity index (χ2v) is 6.14. The van der Waals surface area contributed by atoms with Crippen molar-refractivity contribution in [2.75, 3.05) is 0 Å². The summed E-state index contributed by atoms with van der Waals surface area (Å²) in [6.45, 7) is 3.87. The molecule has 21 heavy (non-hydrogen) atoms. The Balaban J connectivity index is 2.28. The highest BCUT2D eigenvalue weighted by molar-refractivity contribution is 9.10. The van der Waals surface area contributed by atoms with E-state index in [0.29, 0.717) is 15.8 Å². The number of rotatable bonds is 4. The third-order valence-corrected chi connectivity index (χ3v) is 4.19. The topological polar surface area (TPSA) is 29.5 Å². The molecule has 0 saturated heterocycles. The Morgan fingerprint density at radius 1 is 1.14 bits per heavy atom. The fourth-order valence-electron chi connectivity index (χ4n) is 1.93. The summed E-state index contributed by atoms with van der Waals surface area (Å²) in [6.07, 6.45) is -1.01. The monoisotopic (exact) mass is 372 g/mol. The minimum absolute atomic E-state index is 0.0358. The summed E-state index contributed by atoms with van der Waals surface area (Å²) >= 11 is 8.99. The number of hydrogen-bond acceptors (Lipinski definition) is 2. The van der Waals surface area contributed by atoms with E-state index in [1.165, 1.54) is 6.07 Å². The zero-order valence-corrected chi connectivity index (χ0v) is 14.0. The normalized spacial score (nSPS) is 12.5. The average molecular weight is 374 g/mol. The molecule has 0 bridgehead atoms. The van der Waals surface area contributed by atoms with Crippen LogP contribution in [-0.2, 0) is 0 Å². The maximum Gasteiger partial charge on any atom is 0.149 e. The molecule has 0 amide bonds. The van der Waals surface area contributed by atoms with Gasteiger partial charge in [0.05, 0.1) is 11.1 Å². The van der Waals surface area contributed by atoms with Crippen molar-refractivity contribution in [3.8, 4) is 5.75 Å². The lowest BCUT2D eigenvalue weighted by molar-refractivity contribution is 0.214. The third kappa shape index (κ3) is 3.76. The zero-order chi connectivity index (χ0) is 15.6. The maximum absolute atomic E-state index is 14.1.